The second kappa shape index (κ2) is 4.31. The normalized spacial score (nSPS) is 10.3. The zero-order valence-electron chi connectivity index (χ0n) is 7.16. The summed E-state index contributed by atoms with van der Waals surface area (Å²) >= 11 is 2.84. The van der Waals surface area contributed by atoms with Crippen molar-refractivity contribution in [3.63, 3.8) is 0 Å². The van der Waals surface area contributed by atoms with Gasteiger partial charge in [-0.15, -0.1) is 0 Å². The maximum Gasteiger partial charge on any atom is 0.463 e. The summed E-state index contributed by atoms with van der Waals surface area (Å²) in [5, 5.41) is 29.6. The van der Waals surface area contributed by atoms with E-state index < -0.39 is 21.5 Å². The van der Waals surface area contributed by atoms with Crippen LogP contribution in [-0.4, -0.2) is 31.1 Å². The number of hydrogen-bond acceptors (Lipinski definition) is 6. The lowest BCUT2D eigenvalue weighted by Crippen LogP contribution is -2.07. The number of halogens is 1. The molecule has 0 bridgehead atoms. The van der Waals surface area contributed by atoms with Crippen LogP contribution in [0.15, 0.2) is 4.73 Å². The van der Waals surface area contributed by atoms with Crippen LogP contribution in [-0.2, 0) is 6.54 Å². The van der Waals surface area contributed by atoms with Crippen molar-refractivity contribution in [1.29, 1.82) is 0 Å². The average molecular weight is 281 g/mol. The average Bonchev–Trinajstić information content (AvgIpc) is 2.45. The zero-order chi connectivity index (χ0) is 11.6. The molecule has 0 saturated heterocycles. The Morgan fingerprint density at radius 1 is 1.40 bits per heavy atom. The molecular weight excluding hydrogens is 276 g/mol. The molecule has 1 heterocycles. The quantitative estimate of drug-likeness (QED) is 0.631. The molecule has 0 aliphatic carbocycles. The van der Waals surface area contributed by atoms with E-state index in [1.165, 1.54) is 0 Å². The molecule has 1 aromatic rings. The van der Waals surface area contributed by atoms with Crippen LogP contribution in [0.25, 0.3) is 0 Å². The summed E-state index contributed by atoms with van der Waals surface area (Å²) in [6.07, 6.45) is 0. The van der Waals surface area contributed by atoms with Crippen molar-refractivity contribution in [3.8, 4) is 0 Å². The number of rotatable bonds is 4. The number of nitro groups is 2. The van der Waals surface area contributed by atoms with Crippen LogP contribution in [0.4, 0.5) is 11.6 Å². The Morgan fingerprint density at radius 3 is 2.40 bits per heavy atom. The number of nitrogens with zero attached hydrogens (tertiary/aromatic N) is 4. The Labute approximate surface area is 90.8 Å². The van der Waals surface area contributed by atoms with Gasteiger partial charge in [-0.25, -0.2) is 0 Å². The van der Waals surface area contributed by atoms with Gasteiger partial charge in [-0.1, -0.05) is 0 Å². The first-order chi connectivity index (χ1) is 6.99. The fraction of sp³-hybridized carbons (Fsp3) is 0.400. The number of hydrogen-bond donors (Lipinski definition) is 1. The van der Waals surface area contributed by atoms with E-state index in [1.807, 2.05) is 0 Å². The van der Waals surface area contributed by atoms with Crippen LogP contribution in [0, 0.1) is 20.2 Å². The van der Waals surface area contributed by atoms with Crippen LogP contribution in [0.1, 0.15) is 0 Å². The summed E-state index contributed by atoms with van der Waals surface area (Å²) in [5.74, 6) is -1.60. The molecule has 0 aliphatic rings. The first-order valence-corrected chi connectivity index (χ1v) is 4.44. The molecule has 1 rings (SSSR count). The second-order valence-electron chi connectivity index (χ2n) is 2.42. The van der Waals surface area contributed by atoms with Gasteiger partial charge in [0, 0.05) is 4.98 Å². The summed E-state index contributed by atoms with van der Waals surface area (Å²) in [7, 11) is 0. The smallest absolute Gasteiger partial charge is 0.392 e. The van der Waals surface area contributed by atoms with Crippen molar-refractivity contribution >= 4 is 27.6 Å². The minimum Gasteiger partial charge on any atom is -0.392 e. The van der Waals surface area contributed by atoms with E-state index in [0.29, 0.717) is 0 Å². The van der Waals surface area contributed by atoms with E-state index in [-0.39, 0.29) is 17.9 Å². The molecule has 82 valence electrons. The third kappa shape index (κ3) is 2.10. The highest BCUT2D eigenvalue weighted by Crippen LogP contribution is 2.29. The van der Waals surface area contributed by atoms with Gasteiger partial charge in [0.05, 0.1) is 22.5 Å². The maximum absolute atomic E-state index is 10.6. The van der Waals surface area contributed by atoms with Gasteiger partial charge in [-0.2, -0.15) is 4.57 Å². The number of aliphatic hydroxyl groups excluding tert-OH is 1. The van der Waals surface area contributed by atoms with Crippen LogP contribution in [0.5, 0.6) is 0 Å². The van der Waals surface area contributed by atoms with E-state index in [1.54, 1.807) is 0 Å². The van der Waals surface area contributed by atoms with Crippen LogP contribution < -0.4 is 0 Å². The Morgan fingerprint density at radius 2 is 2.00 bits per heavy atom. The summed E-state index contributed by atoms with van der Waals surface area (Å²) in [4.78, 5) is 22.5. The van der Waals surface area contributed by atoms with Crippen LogP contribution in [0.3, 0.4) is 0 Å². The van der Waals surface area contributed by atoms with Gasteiger partial charge in [0.15, 0.2) is 0 Å². The highest BCUT2D eigenvalue weighted by molar-refractivity contribution is 9.10. The molecule has 0 fully saturated rings. The number of imidazole rings is 1. The molecule has 10 heteroatoms. The largest absolute Gasteiger partial charge is 0.463 e. The summed E-state index contributed by atoms with van der Waals surface area (Å²) in [6, 6.07) is 0. The highest BCUT2D eigenvalue weighted by atomic mass is 79.9. The van der Waals surface area contributed by atoms with Crippen molar-refractivity contribution < 1.29 is 15.0 Å². The summed E-state index contributed by atoms with van der Waals surface area (Å²) in [6.45, 7) is -0.523. The minimum atomic E-state index is -0.948. The molecule has 1 N–H and O–H groups in total. The fourth-order valence-corrected chi connectivity index (χ4v) is 1.52. The first kappa shape index (κ1) is 11.5. The SMILES string of the molecule is O=[N+]([O-])c1nc(Br)n(CCO)c1[N+](=O)[O-]. The summed E-state index contributed by atoms with van der Waals surface area (Å²) < 4.78 is 0.855. The number of aliphatic hydroxyl groups is 1. The molecular formula is C5H5BrN4O5. The molecule has 0 spiro atoms. The van der Waals surface area contributed by atoms with Crippen molar-refractivity contribution in [2.45, 2.75) is 6.54 Å². The van der Waals surface area contributed by atoms with Gasteiger partial charge < -0.3 is 25.3 Å². The lowest BCUT2D eigenvalue weighted by Gasteiger charge is -1.96. The van der Waals surface area contributed by atoms with E-state index >= 15 is 0 Å². The summed E-state index contributed by atoms with van der Waals surface area (Å²) in [5.41, 5.74) is 0. The maximum atomic E-state index is 10.6. The van der Waals surface area contributed by atoms with E-state index in [4.69, 9.17) is 5.11 Å². The van der Waals surface area contributed by atoms with Gasteiger partial charge in [0.1, 0.15) is 6.54 Å². The molecule has 0 atom stereocenters. The van der Waals surface area contributed by atoms with Gasteiger partial charge >= 0.3 is 16.4 Å². The highest BCUT2D eigenvalue weighted by Gasteiger charge is 2.36. The van der Waals surface area contributed by atoms with Gasteiger partial charge in [0.2, 0.25) is 0 Å². The third-order valence-corrected chi connectivity index (χ3v) is 2.15. The zero-order valence-corrected chi connectivity index (χ0v) is 8.75. The molecule has 0 aliphatic heterocycles. The molecule has 1 aromatic heterocycles. The first-order valence-electron chi connectivity index (χ1n) is 3.64. The molecule has 0 amide bonds. The fourth-order valence-electron chi connectivity index (χ4n) is 1.01. The Hall–Kier alpha value is -1.55. The van der Waals surface area contributed by atoms with Gasteiger partial charge in [0.25, 0.3) is 0 Å². The standard InChI is InChI=1S/C5H5BrN4O5/c6-5-7-3(9(12)13)4(10(14)15)8(5)1-2-11/h11H,1-2H2. The molecule has 0 aromatic carbocycles. The third-order valence-electron chi connectivity index (χ3n) is 1.55. The molecule has 0 radical (unpaired) electrons. The number of aromatic nitrogens is 2. The van der Waals surface area contributed by atoms with E-state index in [0.717, 1.165) is 4.57 Å². The lowest BCUT2D eigenvalue weighted by atomic mass is 10.6. The van der Waals surface area contributed by atoms with E-state index in [9.17, 15) is 20.2 Å². The van der Waals surface area contributed by atoms with E-state index in [2.05, 4.69) is 20.9 Å². The second-order valence-corrected chi connectivity index (χ2v) is 3.13. The molecule has 9 nitrogen and oxygen atoms in total. The van der Waals surface area contributed by atoms with Gasteiger partial charge in [-0.05, 0) is 9.85 Å². The van der Waals surface area contributed by atoms with Crippen molar-refractivity contribution in [3.05, 3.63) is 25.0 Å². The Bertz CT molecular complexity index is 416. The van der Waals surface area contributed by atoms with Crippen molar-refractivity contribution in [1.82, 2.24) is 9.55 Å². The van der Waals surface area contributed by atoms with Gasteiger partial charge in [-0.3, -0.25) is 0 Å². The molecule has 15 heavy (non-hydrogen) atoms. The molecule has 0 unspecified atom stereocenters. The topological polar surface area (TPSA) is 124 Å². The van der Waals surface area contributed by atoms with Crippen LogP contribution in [0.2, 0.25) is 0 Å². The Balaban J connectivity index is 3.37. The minimum absolute atomic E-state index is 0.0602. The predicted molar refractivity (Wildman–Crippen MR) is 50.3 cm³/mol. The van der Waals surface area contributed by atoms with Crippen molar-refractivity contribution in [2.24, 2.45) is 0 Å². The Kier molecular flexibility index (Phi) is 3.31. The van der Waals surface area contributed by atoms with Crippen LogP contribution >= 0.6 is 15.9 Å². The lowest BCUT2D eigenvalue weighted by molar-refractivity contribution is -0.428. The molecule has 0 saturated carbocycles. The van der Waals surface area contributed by atoms with Crippen molar-refractivity contribution in [2.75, 3.05) is 6.61 Å². The predicted octanol–water partition coefficient (Wildman–Crippen LogP) is 0.454. The monoisotopic (exact) mass is 280 g/mol.